The SMILES string of the molecule is Cl.N[C@H](c1cccc(OC(F)(F)F)c1O)C1CCCCC1. The van der Waals surface area contributed by atoms with Crippen LogP contribution in [0.25, 0.3) is 0 Å². The smallest absolute Gasteiger partial charge is 0.504 e. The lowest BCUT2D eigenvalue weighted by Gasteiger charge is -2.28. The van der Waals surface area contributed by atoms with Gasteiger partial charge < -0.3 is 15.6 Å². The first-order chi connectivity index (χ1) is 9.38. The number of ether oxygens (including phenoxy) is 1. The van der Waals surface area contributed by atoms with Gasteiger partial charge in [-0.05, 0) is 24.8 Å². The standard InChI is InChI=1S/C14H18F3NO2.ClH/c15-14(16,17)20-11-8-4-7-10(13(11)19)12(18)9-5-2-1-3-6-9;/h4,7-9,12,19H,1-3,5-6,18H2;1H/t12-;/m0./s1. The molecule has 1 aromatic rings. The fourth-order valence-corrected chi connectivity index (χ4v) is 2.76. The number of phenolic OH excluding ortho intramolecular Hbond substituents is 1. The highest BCUT2D eigenvalue weighted by molar-refractivity contribution is 5.85. The van der Waals surface area contributed by atoms with Crippen LogP contribution in [0.3, 0.4) is 0 Å². The van der Waals surface area contributed by atoms with Crippen LogP contribution in [0.2, 0.25) is 0 Å². The Morgan fingerprint density at radius 1 is 1.19 bits per heavy atom. The van der Waals surface area contributed by atoms with E-state index in [1.807, 2.05) is 0 Å². The number of para-hydroxylation sites is 1. The summed E-state index contributed by atoms with van der Waals surface area (Å²) in [6, 6.07) is 3.59. The van der Waals surface area contributed by atoms with Gasteiger partial charge in [0.1, 0.15) is 0 Å². The third-order valence-corrected chi connectivity index (χ3v) is 3.77. The van der Waals surface area contributed by atoms with Crippen molar-refractivity contribution in [2.75, 3.05) is 0 Å². The first-order valence-electron chi connectivity index (χ1n) is 6.71. The highest BCUT2D eigenvalue weighted by Gasteiger charge is 2.33. The Labute approximate surface area is 127 Å². The average Bonchev–Trinajstić information content (AvgIpc) is 2.40. The fourth-order valence-electron chi connectivity index (χ4n) is 2.76. The van der Waals surface area contributed by atoms with Gasteiger partial charge in [0.05, 0.1) is 0 Å². The van der Waals surface area contributed by atoms with Gasteiger partial charge in [0.25, 0.3) is 0 Å². The topological polar surface area (TPSA) is 55.5 Å². The second-order valence-corrected chi connectivity index (χ2v) is 5.17. The molecule has 1 fully saturated rings. The van der Waals surface area contributed by atoms with Gasteiger partial charge in [-0.2, -0.15) is 0 Å². The van der Waals surface area contributed by atoms with Crippen LogP contribution >= 0.6 is 12.4 Å². The molecule has 0 heterocycles. The molecule has 0 aliphatic heterocycles. The first kappa shape index (κ1) is 17.9. The molecule has 1 aliphatic rings. The minimum absolute atomic E-state index is 0. The van der Waals surface area contributed by atoms with Crippen LogP contribution in [0.5, 0.6) is 11.5 Å². The number of aromatic hydroxyl groups is 1. The second kappa shape index (κ2) is 7.22. The van der Waals surface area contributed by atoms with Gasteiger partial charge in [0, 0.05) is 11.6 Å². The number of benzene rings is 1. The van der Waals surface area contributed by atoms with E-state index in [0.717, 1.165) is 38.2 Å². The molecule has 0 saturated heterocycles. The van der Waals surface area contributed by atoms with Crippen molar-refractivity contribution in [2.45, 2.75) is 44.5 Å². The van der Waals surface area contributed by atoms with Crippen LogP contribution in [0.1, 0.15) is 43.7 Å². The molecule has 7 heteroatoms. The molecule has 0 radical (unpaired) electrons. The van der Waals surface area contributed by atoms with Gasteiger partial charge in [0.15, 0.2) is 11.5 Å². The minimum Gasteiger partial charge on any atom is -0.504 e. The van der Waals surface area contributed by atoms with Gasteiger partial charge >= 0.3 is 6.36 Å². The molecule has 2 rings (SSSR count). The minimum atomic E-state index is -4.83. The number of rotatable bonds is 3. The summed E-state index contributed by atoms with van der Waals surface area (Å²) in [5.74, 6) is -0.917. The Morgan fingerprint density at radius 2 is 1.81 bits per heavy atom. The molecule has 0 spiro atoms. The van der Waals surface area contributed by atoms with Gasteiger partial charge in [0.2, 0.25) is 0 Å². The molecule has 1 saturated carbocycles. The number of alkyl halides is 3. The number of phenols is 1. The summed E-state index contributed by atoms with van der Waals surface area (Å²) < 4.78 is 40.5. The number of nitrogens with two attached hydrogens (primary N) is 1. The summed E-state index contributed by atoms with van der Waals surface area (Å²) in [7, 11) is 0. The molecule has 1 atom stereocenters. The van der Waals surface area contributed by atoms with E-state index in [-0.39, 0.29) is 18.3 Å². The van der Waals surface area contributed by atoms with Crippen molar-refractivity contribution < 1.29 is 23.0 Å². The van der Waals surface area contributed by atoms with Gasteiger partial charge in [-0.3, -0.25) is 0 Å². The predicted molar refractivity (Wildman–Crippen MR) is 75.5 cm³/mol. The van der Waals surface area contributed by atoms with E-state index in [0.29, 0.717) is 5.56 Å². The maximum atomic E-state index is 12.2. The summed E-state index contributed by atoms with van der Waals surface area (Å²) in [4.78, 5) is 0. The van der Waals surface area contributed by atoms with Crippen LogP contribution < -0.4 is 10.5 Å². The zero-order chi connectivity index (χ0) is 14.8. The van der Waals surface area contributed by atoms with E-state index in [9.17, 15) is 18.3 Å². The molecular formula is C14H19ClF3NO2. The van der Waals surface area contributed by atoms with Crippen LogP contribution in [-0.4, -0.2) is 11.5 Å². The Hall–Kier alpha value is -1.14. The van der Waals surface area contributed by atoms with Crippen LogP contribution in [-0.2, 0) is 0 Å². The molecule has 120 valence electrons. The maximum absolute atomic E-state index is 12.2. The van der Waals surface area contributed by atoms with E-state index in [1.165, 1.54) is 6.07 Å². The number of hydrogen-bond acceptors (Lipinski definition) is 3. The van der Waals surface area contributed by atoms with Crippen molar-refractivity contribution in [3.8, 4) is 11.5 Å². The molecule has 0 bridgehead atoms. The highest BCUT2D eigenvalue weighted by atomic mass is 35.5. The van der Waals surface area contributed by atoms with E-state index < -0.39 is 23.9 Å². The van der Waals surface area contributed by atoms with Crippen molar-refractivity contribution in [2.24, 2.45) is 11.7 Å². The molecule has 0 aromatic heterocycles. The lowest BCUT2D eigenvalue weighted by molar-refractivity contribution is -0.275. The zero-order valence-corrected chi connectivity index (χ0v) is 12.2. The third kappa shape index (κ3) is 4.68. The monoisotopic (exact) mass is 325 g/mol. The van der Waals surface area contributed by atoms with Crippen molar-refractivity contribution in [1.82, 2.24) is 0 Å². The van der Waals surface area contributed by atoms with E-state index in [2.05, 4.69) is 4.74 Å². The molecule has 1 aromatic carbocycles. The van der Waals surface area contributed by atoms with Crippen molar-refractivity contribution in [3.63, 3.8) is 0 Å². The van der Waals surface area contributed by atoms with Crippen LogP contribution in [0, 0.1) is 5.92 Å². The zero-order valence-electron chi connectivity index (χ0n) is 11.4. The molecule has 0 amide bonds. The fraction of sp³-hybridized carbons (Fsp3) is 0.571. The normalized spacial score (nSPS) is 17.9. The van der Waals surface area contributed by atoms with E-state index in [4.69, 9.17) is 5.73 Å². The quantitative estimate of drug-likeness (QED) is 0.871. The molecular weight excluding hydrogens is 307 g/mol. The molecule has 3 nitrogen and oxygen atoms in total. The lowest BCUT2D eigenvalue weighted by atomic mass is 9.81. The Kier molecular flexibility index (Phi) is 6.16. The Balaban J connectivity index is 0.00000220. The Bertz CT molecular complexity index is 462. The summed E-state index contributed by atoms with van der Waals surface area (Å²) >= 11 is 0. The number of hydrogen-bond donors (Lipinski definition) is 2. The predicted octanol–water partition coefficient (Wildman–Crippen LogP) is 4.29. The van der Waals surface area contributed by atoms with Crippen LogP contribution in [0.15, 0.2) is 18.2 Å². The second-order valence-electron chi connectivity index (χ2n) is 5.17. The van der Waals surface area contributed by atoms with Crippen molar-refractivity contribution in [1.29, 1.82) is 0 Å². The lowest BCUT2D eigenvalue weighted by Crippen LogP contribution is -2.24. The molecule has 0 unspecified atom stereocenters. The summed E-state index contributed by atoms with van der Waals surface area (Å²) in [5.41, 5.74) is 6.42. The highest BCUT2D eigenvalue weighted by Crippen LogP contribution is 2.41. The van der Waals surface area contributed by atoms with Crippen molar-refractivity contribution >= 4 is 12.4 Å². The first-order valence-corrected chi connectivity index (χ1v) is 6.71. The molecule has 1 aliphatic carbocycles. The number of halogens is 4. The van der Waals surface area contributed by atoms with Crippen LogP contribution in [0.4, 0.5) is 13.2 Å². The Morgan fingerprint density at radius 3 is 2.38 bits per heavy atom. The summed E-state index contributed by atoms with van der Waals surface area (Å²) in [6.07, 6.45) is 0.336. The van der Waals surface area contributed by atoms with Gasteiger partial charge in [-0.25, -0.2) is 0 Å². The summed E-state index contributed by atoms with van der Waals surface area (Å²) in [5, 5.41) is 9.95. The van der Waals surface area contributed by atoms with E-state index in [1.54, 1.807) is 6.07 Å². The van der Waals surface area contributed by atoms with Gasteiger partial charge in [-0.1, -0.05) is 31.4 Å². The largest absolute Gasteiger partial charge is 0.573 e. The molecule has 21 heavy (non-hydrogen) atoms. The summed E-state index contributed by atoms with van der Waals surface area (Å²) in [6.45, 7) is 0. The van der Waals surface area contributed by atoms with E-state index >= 15 is 0 Å². The maximum Gasteiger partial charge on any atom is 0.573 e. The van der Waals surface area contributed by atoms with Crippen molar-refractivity contribution in [3.05, 3.63) is 23.8 Å². The van der Waals surface area contributed by atoms with Gasteiger partial charge in [-0.15, -0.1) is 25.6 Å². The average molecular weight is 326 g/mol. The third-order valence-electron chi connectivity index (χ3n) is 3.77. The molecule has 3 N–H and O–H groups in total.